The van der Waals surface area contributed by atoms with Crippen LogP contribution in [0.1, 0.15) is 22.4 Å². The highest BCUT2D eigenvalue weighted by Crippen LogP contribution is 2.35. The van der Waals surface area contributed by atoms with Gasteiger partial charge in [0.25, 0.3) is 0 Å². The standard InChI is InChI=1S/C21H22FN3.ClH/c1-4-10-25-15(3)14(2)19-18(22)12-23-21(20(19)25)24-11-9-16-7-5-6-8-17(16)13-24;/h4-8,12H,1,9-11,13H2,2-3H3;1H. The fourth-order valence-corrected chi connectivity index (χ4v) is 3.90. The number of benzene rings is 1. The van der Waals surface area contributed by atoms with Gasteiger partial charge < -0.3 is 9.47 Å². The number of hydrogen-bond donors (Lipinski definition) is 0. The zero-order valence-corrected chi connectivity index (χ0v) is 15.9. The molecule has 0 N–H and O–H groups in total. The van der Waals surface area contributed by atoms with E-state index >= 15 is 0 Å². The van der Waals surface area contributed by atoms with Gasteiger partial charge in [0, 0.05) is 30.7 Å². The van der Waals surface area contributed by atoms with Gasteiger partial charge in [-0.25, -0.2) is 9.37 Å². The molecule has 26 heavy (non-hydrogen) atoms. The van der Waals surface area contributed by atoms with Crippen LogP contribution in [0, 0.1) is 19.7 Å². The van der Waals surface area contributed by atoms with Crippen LogP contribution in [0.2, 0.25) is 0 Å². The molecule has 5 heteroatoms. The van der Waals surface area contributed by atoms with Gasteiger partial charge in [0.05, 0.1) is 11.7 Å². The van der Waals surface area contributed by atoms with Crippen molar-refractivity contribution in [3.63, 3.8) is 0 Å². The van der Waals surface area contributed by atoms with Crippen LogP contribution in [0.3, 0.4) is 0 Å². The van der Waals surface area contributed by atoms with Crippen LogP contribution in [-0.2, 0) is 19.5 Å². The van der Waals surface area contributed by atoms with Gasteiger partial charge in [0.2, 0.25) is 0 Å². The van der Waals surface area contributed by atoms with Gasteiger partial charge in [-0.3, -0.25) is 0 Å². The lowest BCUT2D eigenvalue weighted by atomic mass is 10.00. The molecular weight excluding hydrogens is 349 g/mol. The van der Waals surface area contributed by atoms with Crippen LogP contribution in [0.4, 0.5) is 10.2 Å². The number of aryl methyl sites for hydroxylation is 1. The van der Waals surface area contributed by atoms with Crippen molar-refractivity contribution >= 4 is 29.1 Å². The van der Waals surface area contributed by atoms with E-state index in [-0.39, 0.29) is 18.2 Å². The maximum Gasteiger partial charge on any atom is 0.153 e. The maximum atomic E-state index is 14.5. The van der Waals surface area contributed by atoms with E-state index in [2.05, 4.69) is 45.3 Å². The van der Waals surface area contributed by atoms with Crippen LogP contribution in [0.15, 0.2) is 43.1 Å². The van der Waals surface area contributed by atoms with Crippen LogP contribution in [-0.4, -0.2) is 16.1 Å². The third kappa shape index (κ3) is 2.78. The first-order valence-corrected chi connectivity index (χ1v) is 8.68. The van der Waals surface area contributed by atoms with Gasteiger partial charge in [-0.1, -0.05) is 30.3 Å². The molecule has 1 aliphatic rings. The maximum absolute atomic E-state index is 14.5. The monoisotopic (exact) mass is 371 g/mol. The van der Waals surface area contributed by atoms with Crippen molar-refractivity contribution in [3.8, 4) is 0 Å². The summed E-state index contributed by atoms with van der Waals surface area (Å²) in [6, 6.07) is 8.52. The number of fused-ring (bicyclic) bond motifs is 2. The third-order valence-corrected chi connectivity index (χ3v) is 5.32. The Morgan fingerprint density at radius 2 is 1.96 bits per heavy atom. The van der Waals surface area contributed by atoms with Crippen molar-refractivity contribution in [2.24, 2.45) is 0 Å². The zero-order valence-electron chi connectivity index (χ0n) is 15.1. The normalized spacial score (nSPS) is 13.4. The van der Waals surface area contributed by atoms with E-state index in [0.29, 0.717) is 11.9 Å². The summed E-state index contributed by atoms with van der Waals surface area (Å²) in [5.41, 5.74) is 5.65. The summed E-state index contributed by atoms with van der Waals surface area (Å²) in [4.78, 5) is 6.76. The lowest BCUT2D eigenvalue weighted by molar-refractivity contribution is 0.631. The van der Waals surface area contributed by atoms with E-state index in [1.165, 1.54) is 17.3 Å². The minimum absolute atomic E-state index is 0. The van der Waals surface area contributed by atoms with Crippen LogP contribution in [0.25, 0.3) is 10.9 Å². The Morgan fingerprint density at radius 1 is 1.23 bits per heavy atom. The Labute approximate surface area is 159 Å². The summed E-state index contributed by atoms with van der Waals surface area (Å²) in [5.74, 6) is 0.614. The summed E-state index contributed by atoms with van der Waals surface area (Å²) < 4.78 is 16.7. The second-order valence-corrected chi connectivity index (χ2v) is 6.70. The van der Waals surface area contributed by atoms with Gasteiger partial charge in [-0.15, -0.1) is 19.0 Å². The van der Waals surface area contributed by atoms with E-state index in [1.807, 2.05) is 19.9 Å². The molecule has 1 aromatic carbocycles. The van der Waals surface area contributed by atoms with E-state index in [0.717, 1.165) is 42.1 Å². The number of rotatable bonds is 3. The molecule has 0 spiro atoms. The molecule has 3 nitrogen and oxygen atoms in total. The molecule has 3 heterocycles. The number of anilines is 1. The van der Waals surface area contributed by atoms with E-state index in [9.17, 15) is 4.39 Å². The number of allylic oxidation sites excluding steroid dienone is 1. The fourth-order valence-electron chi connectivity index (χ4n) is 3.90. The molecule has 0 unspecified atom stereocenters. The van der Waals surface area contributed by atoms with Crippen molar-refractivity contribution in [2.75, 3.05) is 11.4 Å². The molecule has 136 valence electrons. The van der Waals surface area contributed by atoms with Gasteiger partial charge in [0.1, 0.15) is 0 Å². The van der Waals surface area contributed by atoms with E-state index in [4.69, 9.17) is 0 Å². The zero-order chi connectivity index (χ0) is 17.6. The average Bonchev–Trinajstić information content (AvgIpc) is 2.88. The predicted octanol–water partition coefficient (Wildman–Crippen LogP) is 4.96. The number of halogens is 2. The van der Waals surface area contributed by atoms with Crippen molar-refractivity contribution in [1.82, 2.24) is 9.55 Å². The first kappa shape index (κ1) is 18.5. The SMILES string of the molecule is C=CCn1c(C)c(C)c2c(F)cnc(N3CCc4ccccc4C3)c21.Cl. The van der Waals surface area contributed by atoms with Gasteiger partial charge in [-0.05, 0) is 37.0 Å². The largest absolute Gasteiger partial charge is 0.350 e. The van der Waals surface area contributed by atoms with Crippen LogP contribution < -0.4 is 4.90 Å². The Bertz CT molecular complexity index is 977. The summed E-state index contributed by atoms with van der Waals surface area (Å²) in [6.45, 7) is 10.2. The van der Waals surface area contributed by atoms with Gasteiger partial charge >= 0.3 is 0 Å². The molecule has 0 fully saturated rings. The lowest BCUT2D eigenvalue weighted by Crippen LogP contribution is -2.31. The van der Waals surface area contributed by atoms with Gasteiger partial charge in [-0.2, -0.15) is 0 Å². The van der Waals surface area contributed by atoms with Crippen molar-refractivity contribution in [3.05, 3.63) is 71.3 Å². The Hall–Kier alpha value is -2.33. The summed E-state index contributed by atoms with van der Waals surface area (Å²) in [6.07, 6.45) is 4.20. The molecule has 0 saturated heterocycles. The van der Waals surface area contributed by atoms with E-state index in [1.54, 1.807) is 0 Å². The van der Waals surface area contributed by atoms with E-state index < -0.39 is 0 Å². The molecule has 0 bridgehead atoms. The fraction of sp³-hybridized carbons (Fsp3) is 0.286. The second kappa shape index (κ2) is 7.12. The molecule has 3 aromatic rings. The summed E-state index contributed by atoms with van der Waals surface area (Å²) >= 11 is 0. The molecule has 1 aliphatic heterocycles. The molecule has 0 radical (unpaired) electrons. The van der Waals surface area contributed by atoms with Crippen LogP contribution >= 0.6 is 12.4 Å². The summed E-state index contributed by atoms with van der Waals surface area (Å²) in [7, 11) is 0. The highest BCUT2D eigenvalue weighted by Gasteiger charge is 2.24. The Kier molecular flexibility index (Phi) is 5.05. The first-order valence-electron chi connectivity index (χ1n) is 8.68. The Balaban J connectivity index is 0.00000196. The molecule has 0 amide bonds. The second-order valence-electron chi connectivity index (χ2n) is 6.70. The highest BCUT2D eigenvalue weighted by atomic mass is 35.5. The summed E-state index contributed by atoms with van der Waals surface area (Å²) in [5, 5.41) is 0.684. The quantitative estimate of drug-likeness (QED) is 0.606. The lowest BCUT2D eigenvalue weighted by Gasteiger charge is -2.30. The van der Waals surface area contributed by atoms with Crippen molar-refractivity contribution in [2.45, 2.75) is 33.4 Å². The van der Waals surface area contributed by atoms with Crippen LogP contribution in [0.5, 0.6) is 0 Å². The smallest absolute Gasteiger partial charge is 0.153 e. The minimum atomic E-state index is -0.250. The topological polar surface area (TPSA) is 21.1 Å². The third-order valence-electron chi connectivity index (χ3n) is 5.32. The minimum Gasteiger partial charge on any atom is -0.350 e. The molecular formula is C21H23ClFN3. The van der Waals surface area contributed by atoms with Crippen molar-refractivity contribution in [1.29, 1.82) is 0 Å². The molecule has 0 saturated carbocycles. The molecule has 0 atom stereocenters. The average molecular weight is 372 g/mol. The first-order chi connectivity index (χ1) is 12.1. The molecule has 4 rings (SSSR count). The Morgan fingerprint density at radius 3 is 2.69 bits per heavy atom. The molecule has 0 aliphatic carbocycles. The number of pyridine rings is 1. The highest BCUT2D eigenvalue weighted by molar-refractivity contribution is 5.94. The number of hydrogen-bond acceptors (Lipinski definition) is 2. The molecule has 2 aromatic heterocycles. The number of nitrogens with zero attached hydrogens (tertiary/aromatic N) is 3. The van der Waals surface area contributed by atoms with Gasteiger partial charge in [0.15, 0.2) is 11.6 Å². The number of aromatic nitrogens is 2. The predicted molar refractivity (Wildman–Crippen MR) is 108 cm³/mol. The van der Waals surface area contributed by atoms with Crippen molar-refractivity contribution < 1.29 is 4.39 Å².